The van der Waals surface area contributed by atoms with Crippen LogP contribution in [0.1, 0.15) is 59.1 Å². The lowest BCUT2D eigenvalue weighted by Gasteiger charge is -2.25. The van der Waals surface area contributed by atoms with Gasteiger partial charge < -0.3 is 25.2 Å². The van der Waals surface area contributed by atoms with Crippen molar-refractivity contribution in [1.29, 1.82) is 0 Å². The summed E-state index contributed by atoms with van der Waals surface area (Å²) in [6, 6.07) is 12.1. The molecule has 0 bridgehead atoms. The molecule has 1 aromatic heterocycles. The summed E-state index contributed by atoms with van der Waals surface area (Å²) >= 11 is 6.47. The number of ether oxygens (including phenoxy) is 2. The normalized spacial score (nSPS) is 21.5. The summed E-state index contributed by atoms with van der Waals surface area (Å²) in [6.07, 6.45) is 1.73. The zero-order valence-corrected chi connectivity index (χ0v) is 23.6. The first kappa shape index (κ1) is 28.1. The van der Waals surface area contributed by atoms with Crippen molar-refractivity contribution in [3.63, 3.8) is 0 Å². The van der Waals surface area contributed by atoms with Gasteiger partial charge in [0.05, 0.1) is 29.1 Å². The summed E-state index contributed by atoms with van der Waals surface area (Å²) < 4.78 is 10.9. The SMILES string of the molecule is CC(=O)OC1c2ccc(-c3nc(NC4CCOCC4)ncc3Cl)cc2C(=O)N1CC(=O)N[C@H]1c2ccccc2C[C@H]1O. The van der Waals surface area contributed by atoms with E-state index in [0.29, 0.717) is 47.4 Å². The van der Waals surface area contributed by atoms with Gasteiger partial charge in [0.25, 0.3) is 5.91 Å². The molecule has 3 aromatic rings. The summed E-state index contributed by atoms with van der Waals surface area (Å²) in [4.78, 5) is 48.9. The molecule has 3 N–H and O–H groups in total. The molecule has 12 heteroatoms. The number of nitrogens with one attached hydrogen (secondary N) is 2. The van der Waals surface area contributed by atoms with E-state index in [1.807, 2.05) is 24.3 Å². The molecule has 0 radical (unpaired) electrons. The molecule has 3 atom stereocenters. The molecule has 3 aliphatic rings. The molecule has 1 fully saturated rings. The minimum atomic E-state index is -1.09. The zero-order chi connectivity index (χ0) is 29.4. The number of aliphatic hydroxyl groups is 1. The molecule has 218 valence electrons. The minimum Gasteiger partial charge on any atom is -0.437 e. The number of rotatable bonds is 7. The van der Waals surface area contributed by atoms with Crippen LogP contribution in [0.25, 0.3) is 11.3 Å². The van der Waals surface area contributed by atoms with Crippen molar-refractivity contribution in [3.8, 4) is 11.3 Å². The second-order valence-electron chi connectivity index (χ2n) is 10.6. The molecule has 1 aliphatic carbocycles. The van der Waals surface area contributed by atoms with Gasteiger partial charge in [-0.1, -0.05) is 48.0 Å². The topological polar surface area (TPSA) is 143 Å². The first-order valence-corrected chi connectivity index (χ1v) is 14.2. The van der Waals surface area contributed by atoms with Crippen LogP contribution in [0.3, 0.4) is 0 Å². The van der Waals surface area contributed by atoms with Crippen LogP contribution in [0.2, 0.25) is 5.02 Å². The van der Waals surface area contributed by atoms with Crippen LogP contribution in [0.4, 0.5) is 5.95 Å². The number of benzene rings is 2. The van der Waals surface area contributed by atoms with Gasteiger partial charge in [-0.25, -0.2) is 9.97 Å². The highest BCUT2D eigenvalue weighted by Crippen LogP contribution is 2.38. The maximum absolute atomic E-state index is 13.6. The highest BCUT2D eigenvalue weighted by Gasteiger charge is 2.41. The van der Waals surface area contributed by atoms with Crippen LogP contribution < -0.4 is 10.6 Å². The van der Waals surface area contributed by atoms with Crippen LogP contribution in [0, 0.1) is 0 Å². The first-order valence-electron chi connectivity index (χ1n) is 13.8. The Bertz CT molecular complexity index is 1540. The van der Waals surface area contributed by atoms with Crippen molar-refractivity contribution in [3.05, 3.63) is 75.9 Å². The monoisotopic (exact) mass is 591 g/mol. The molecule has 1 saturated heterocycles. The Balaban J connectivity index is 1.24. The van der Waals surface area contributed by atoms with Crippen LogP contribution >= 0.6 is 11.6 Å². The molecule has 3 heterocycles. The Morgan fingerprint density at radius 1 is 1.17 bits per heavy atom. The summed E-state index contributed by atoms with van der Waals surface area (Å²) in [5, 5.41) is 17.0. The van der Waals surface area contributed by atoms with Gasteiger partial charge in [-0.2, -0.15) is 0 Å². The van der Waals surface area contributed by atoms with Gasteiger partial charge in [-0.05, 0) is 30.0 Å². The Kier molecular flexibility index (Phi) is 7.80. The second-order valence-corrected chi connectivity index (χ2v) is 11.0. The second kappa shape index (κ2) is 11.7. The molecule has 1 unspecified atom stereocenters. The number of hydrogen-bond donors (Lipinski definition) is 3. The van der Waals surface area contributed by atoms with Crippen molar-refractivity contribution in [1.82, 2.24) is 20.2 Å². The quantitative estimate of drug-likeness (QED) is 0.353. The van der Waals surface area contributed by atoms with Crippen LogP contribution in [-0.4, -0.2) is 69.7 Å². The average molecular weight is 592 g/mol. The number of esters is 1. The van der Waals surface area contributed by atoms with Crippen molar-refractivity contribution in [2.75, 3.05) is 25.1 Å². The molecular formula is C30H30ClN5O6. The molecule has 42 heavy (non-hydrogen) atoms. The summed E-state index contributed by atoms with van der Waals surface area (Å²) in [5.74, 6) is -1.15. The number of aromatic nitrogens is 2. The molecule has 2 amide bonds. The number of carbonyl (C=O) groups excluding carboxylic acids is 3. The Labute approximate surface area is 247 Å². The number of carbonyl (C=O) groups is 3. The van der Waals surface area contributed by atoms with Gasteiger partial charge in [0.1, 0.15) is 6.54 Å². The standard InChI is InChI=1S/C30H30ClN5O6/c1-16(37)42-29-21-7-6-18(26-23(31)14-32-30(35-26)33-19-8-10-41-11-9-19)12-22(21)28(40)36(29)15-25(39)34-27-20-5-3-2-4-17(20)13-24(27)38/h2-7,12,14,19,24,27,29,38H,8-11,13,15H2,1H3,(H,34,39)(H,32,33,35)/t24-,27+,29?/m1/s1. The first-order chi connectivity index (χ1) is 20.3. The highest BCUT2D eigenvalue weighted by atomic mass is 35.5. The third-order valence-electron chi connectivity index (χ3n) is 7.78. The Morgan fingerprint density at radius 3 is 2.74 bits per heavy atom. The smallest absolute Gasteiger partial charge is 0.304 e. The number of nitrogens with zero attached hydrogens (tertiary/aromatic N) is 3. The fraction of sp³-hybridized carbons (Fsp3) is 0.367. The third kappa shape index (κ3) is 5.55. The fourth-order valence-corrected chi connectivity index (χ4v) is 5.96. The molecule has 0 saturated carbocycles. The van der Waals surface area contributed by atoms with Gasteiger partial charge >= 0.3 is 5.97 Å². The van der Waals surface area contributed by atoms with Crippen LogP contribution in [0.15, 0.2) is 48.7 Å². The summed E-state index contributed by atoms with van der Waals surface area (Å²) in [7, 11) is 0. The van der Waals surface area contributed by atoms with E-state index in [0.717, 1.165) is 24.0 Å². The van der Waals surface area contributed by atoms with Crippen molar-refractivity contribution in [2.24, 2.45) is 0 Å². The maximum atomic E-state index is 13.6. The molecule has 2 aliphatic heterocycles. The predicted molar refractivity (Wildman–Crippen MR) is 153 cm³/mol. The van der Waals surface area contributed by atoms with E-state index in [1.54, 1.807) is 18.2 Å². The van der Waals surface area contributed by atoms with E-state index in [-0.39, 0.29) is 18.2 Å². The third-order valence-corrected chi connectivity index (χ3v) is 8.05. The van der Waals surface area contributed by atoms with Gasteiger partial charge in [-0.3, -0.25) is 19.3 Å². The average Bonchev–Trinajstić information content (AvgIpc) is 3.42. The number of anilines is 1. The number of fused-ring (bicyclic) bond motifs is 2. The maximum Gasteiger partial charge on any atom is 0.304 e. The van der Waals surface area contributed by atoms with E-state index in [2.05, 4.69) is 20.6 Å². The Hall–Kier alpha value is -4.06. The van der Waals surface area contributed by atoms with E-state index in [9.17, 15) is 19.5 Å². The molecule has 0 spiro atoms. The van der Waals surface area contributed by atoms with Crippen LogP contribution in [0.5, 0.6) is 0 Å². The van der Waals surface area contributed by atoms with E-state index in [1.165, 1.54) is 18.0 Å². The lowest BCUT2D eigenvalue weighted by atomic mass is 10.0. The van der Waals surface area contributed by atoms with Crippen molar-refractivity contribution in [2.45, 2.75) is 50.6 Å². The number of amides is 2. The van der Waals surface area contributed by atoms with Crippen molar-refractivity contribution >= 4 is 35.3 Å². The van der Waals surface area contributed by atoms with E-state index >= 15 is 0 Å². The minimum absolute atomic E-state index is 0.178. The number of aliphatic hydroxyl groups excluding tert-OH is 1. The van der Waals surface area contributed by atoms with Gasteiger partial charge in [0.15, 0.2) is 0 Å². The molecule has 11 nitrogen and oxygen atoms in total. The number of halogens is 1. The van der Waals surface area contributed by atoms with Gasteiger partial charge in [0, 0.05) is 49.3 Å². The van der Waals surface area contributed by atoms with Crippen molar-refractivity contribution < 1.29 is 29.0 Å². The summed E-state index contributed by atoms with van der Waals surface area (Å²) in [6.45, 7) is 2.20. The van der Waals surface area contributed by atoms with E-state index in [4.69, 9.17) is 21.1 Å². The molecule has 6 rings (SSSR count). The molecular weight excluding hydrogens is 562 g/mol. The lowest BCUT2D eigenvalue weighted by Crippen LogP contribution is -2.43. The fourth-order valence-electron chi connectivity index (χ4n) is 5.76. The zero-order valence-electron chi connectivity index (χ0n) is 22.9. The predicted octanol–water partition coefficient (Wildman–Crippen LogP) is 3.18. The van der Waals surface area contributed by atoms with Gasteiger partial charge in [0.2, 0.25) is 18.1 Å². The number of hydrogen-bond acceptors (Lipinski definition) is 9. The van der Waals surface area contributed by atoms with Gasteiger partial charge in [-0.15, -0.1) is 0 Å². The van der Waals surface area contributed by atoms with Crippen LogP contribution in [-0.2, 0) is 25.5 Å². The molecule has 2 aromatic carbocycles. The highest BCUT2D eigenvalue weighted by molar-refractivity contribution is 6.33. The summed E-state index contributed by atoms with van der Waals surface area (Å²) in [5.41, 5.74) is 3.52. The Morgan fingerprint density at radius 2 is 1.95 bits per heavy atom. The lowest BCUT2D eigenvalue weighted by molar-refractivity contribution is -0.155. The largest absolute Gasteiger partial charge is 0.437 e. The van der Waals surface area contributed by atoms with E-state index < -0.39 is 36.2 Å².